The lowest BCUT2D eigenvalue weighted by molar-refractivity contribution is -0.200. The largest absolute Gasteiger partial charge is 0.397 e. The number of benzene rings is 5. The Kier molecular flexibility index (Phi) is 5.00. The number of alkyl halides is 8. The number of nitrogens with zero attached hydrogens (tertiary/aromatic N) is 3. The molecule has 228 valence electrons. The Morgan fingerprint density at radius 3 is 1.30 bits per heavy atom. The monoisotopic (exact) mass is 631 g/mol. The molecule has 4 heterocycles. The molecule has 3 nitrogen and oxygen atoms in total. The predicted molar refractivity (Wildman–Crippen MR) is 161 cm³/mol. The number of anilines is 7. The third kappa shape index (κ3) is 3.00. The Bertz CT molecular complexity index is 1960. The van der Waals surface area contributed by atoms with Gasteiger partial charge in [-0.1, -0.05) is 72.8 Å². The highest BCUT2D eigenvalue weighted by molar-refractivity contribution is 7.00. The Hall–Kier alpha value is -5.00. The van der Waals surface area contributed by atoms with Crippen LogP contribution in [-0.4, -0.2) is 18.8 Å². The zero-order valence-electron chi connectivity index (χ0n) is 23.3. The Morgan fingerprint density at radius 1 is 0.478 bits per heavy atom. The summed E-state index contributed by atoms with van der Waals surface area (Å²) in [6, 6.07) is 16.9. The molecule has 0 atom stereocenters. The van der Waals surface area contributed by atoms with Gasteiger partial charge in [0.2, 0.25) is 0 Å². The lowest BCUT2D eigenvalue weighted by atomic mass is 9.33. The number of halogens is 8. The number of hydrogen-bond acceptors (Lipinski definition) is 3. The van der Waals surface area contributed by atoms with Gasteiger partial charge in [0.25, 0.3) is 6.71 Å². The molecule has 9 rings (SSSR count). The second-order valence-corrected chi connectivity index (χ2v) is 11.7. The van der Waals surface area contributed by atoms with E-state index in [1.807, 2.05) is 0 Å². The van der Waals surface area contributed by atoms with Gasteiger partial charge in [0.15, 0.2) is 0 Å². The number of para-hydroxylation sites is 4. The van der Waals surface area contributed by atoms with Crippen molar-refractivity contribution in [2.24, 2.45) is 0 Å². The van der Waals surface area contributed by atoms with Gasteiger partial charge < -0.3 is 4.90 Å². The highest BCUT2D eigenvalue weighted by atomic mass is 19.3. The van der Waals surface area contributed by atoms with Crippen molar-refractivity contribution in [1.82, 2.24) is 0 Å². The molecule has 0 spiro atoms. The standard InChI is InChI=1S/C34H18BF8N3/c36-31(37)22-13-7-15-24-29(22)45(33(31,40)41)26-17-21(44(19-9-3-1-4-10-19)20-11-5-2-6-12-20)18-27-28(26)35(24)25-16-8-14-23-30(25)46(27)34(42,43)32(23,38)39/h1-18H. The Morgan fingerprint density at radius 2 is 0.891 bits per heavy atom. The molecule has 46 heavy (non-hydrogen) atoms. The first kappa shape index (κ1) is 27.3. The maximum Gasteiger partial charge on any atom is 0.397 e. The summed E-state index contributed by atoms with van der Waals surface area (Å²) in [5, 5.41) is 0. The van der Waals surface area contributed by atoms with E-state index in [2.05, 4.69) is 0 Å². The van der Waals surface area contributed by atoms with Crippen LogP contribution in [-0.2, 0) is 11.8 Å². The van der Waals surface area contributed by atoms with Crippen LogP contribution in [0.15, 0.2) is 109 Å². The molecule has 0 aliphatic carbocycles. The van der Waals surface area contributed by atoms with E-state index in [-0.39, 0.29) is 31.9 Å². The molecule has 4 aliphatic rings. The molecule has 5 aromatic carbocycles. The zero-order valence-corrected chi connectivity index (χ0v) is 23.3. The fourth-order valence-electron chi connectivity index (χ4n) is 7.51. The fourth-order valence-corrected chi connectivity index (χ4v) is 7.51. The Balaban J connectivity index is 1.44. The van der Waals surface area contributed by atoms with E-state index in [1.54, 1.807) is 65.6 Å². The molecule has 12 heteroatoms. The molecular formula is C34H18BF8N3. The molecule has 0 fully saturated rings. The van der Waals surface area contributed by atoms with Gasteiger partial charge in [-0.15, -0.1) is 0 Å². The Labute approximate surface area is 257 Å². The van der Waals surface area contributed by atoms with Crippen molar-refractivity contribution in [1.29, 1.82) is 0 Å². The molecule has 0 unspecified atom stereocenters. The number of hydrogen-bond donors (Lipinski definition) is 0. The van der Waals surface area contributed by atoms with Crippen LogP contribution in [0.4, 0.5) is 74.9 Å². The van der Waals surface area contributed by atoms with Crippen molar-refractivity contribution < 1.29 is 35.1 Å². The van der Waals surface area contributed by atoms with Crippen molar-refractivity contribution in [2.45, 2.75) is 23.9 Å². The van der Waals surface area contributed by atoms with Crippen molar-refractivity contribution >= 4 is 62.9 Å². The number of fused-ring (bicyclic) bond motifs is 4. The molecule has 5 aromatic rings. The van der Waals surface area contributed by atoms with Crippen LogP contribution < -0.4 is 31.1 Å². The molecule has 0 saturated heterocycles. The summed E-state index contributed by atoms with van der Waals surface area (Å²) < 4.78 is 127. The normalized spacial score (nSPS) is 19.4. The molecule has 0 N–H and O–H groups in total. The quantitative estimate of drug-likeness (QED) is 0.114. The second kappa shape index (κ2) is 8.42. The van der Waals surface area contributed by atoms with E-state index in [1.165, 1.54) is 36.4 Å². The molecule has 4 aliphatic heterocycles. The van der Waals surface area contributed by atoms with Gasteiger partial charge in [-0.2, -0.15) is 35.1 Å². The van der Waals surface area contributed by atoms with Crippen LogP contribution >= 0.6 is 0 Å². The van der Waals surface area contributed by atoms with E-state index in [0.717, 1.165) is 12.1 Å². The van der Waals surface area contributed by atoms with E-state index >= 15 is 35.1 Å². The van der Waals surface area contributed by atoms with Gasteiger partial charge in [0.1, 0.15) is 0 Å². The average molecular weight is 631 g/mol. The number of rotatable bonds is 3. The summed E-state index contributed by atoms with van der Waals surface area (Å²) in [5.74, 6) is -9.29. The first-order valence-corrected chi connectivity index (χ1v) is 14.4. The lowest BCUT2D eigenvalue weighted by Crippen LogP contribution is -2.64. The van der Waals surface area contributed by atoms with E-state index in [4.69, 9.17) is 0 Å². The van der Waals surface area contributed by atoms with E-state index in [9.17, 15) is 0 Å². The first-order chi connectivity index (χ1) is 21.9. The van der Waals surface area contributed by atoms with Crippen LogP contribution in [0.3, 0.4) is 0 Å². The smallest absolute Gasteiger partial charge is 0.310 e. The van der Waals surface area contributed by atoms with Crippen LogP contribution in [0.5, 0.6) is 0 Å². The van der Waals surface area contributed by atoms with Gasteiger partial charge in [-0.3, -0.25) is 9.80 Å². The van der Waals surface area contributed by atoms with Crippen LogP contribution in [0.1, 0.15) is 11.1 Å². The lowest BCUT2D eigenvalue weighted by Gasteiger charge is -2.44. The maximum atomic E-state index is 16.1. The minimum absolute atomic E-state index is 0.00888. The average Bonchev–Trinajstić information content (AvgIpc) is 3.31. The van der Waals surface area contributed by atoms with Gasteiger partial charge in [-0.05, 0) is 52.8 Å². The SMILES string of the molecule is FC1(F)c2cccc3c2N(c2cc(N(c4ccccc4)c4ccccc4)cc4c2B3c2cccc3c2N4C(F)(F)C3(F)F)C1(F)F. The van der Waals surface area contributed by atoms with Crippen molar-refractivity contribution in [3.05, 3.63) is 120 Å². The third-order valence-corrected chi connectivity index (χ3v) is 9.38. The predicted octanol–water partition coefficient (Wildman–Crippen LogP) is 7.97. The van der Waals surface area contributed by atoms with Crippen LogP contribution in [0.25, 0.3) is 0 Å². The summed E-state index contributed by atoms with van der Waals surface area (Å²) in [4.78, 5) is 1.98. The molecule has 0 radical (unpaired) electrons. The highest BCUT2D eigenvalue weighted by Gasteiger charge is 2.73. The molecular weight excluding hydrogens is 613 g/mol. The van der Waals surface area contributed by atoms with Crippen LogP contribution in [0.2, 0.25) is 0 Å². The minimum Gasteiger partial charge on any atom is -0.310 e. The topological polar surface area (TPSA) is 9.72 Å². The summed E-state index contributed by atoms with van der Waals surface area (Å²) in [6.07, 6.45) is 0. The summed E-state index contributed by atoms with van der Waals surface area (Å²) in [7, 11) is 0. The molecule has 0 amide bonds. The fraction of sp³-hybridized carbons (Fsp3) is 0.118. The maximum absolute atomic E-state index is 16.1. The van der Waals surface area contributed by atoms with Crippen molar-refractivity contribution in [3.63, 3.8) is 0 Å². The van der Waals surface area contributed by atoms with Crippen molar-refractivity contribution in [3.8, 4) is 0 Å². The highest BCUT2D eigenvalue weighted by Crippen LogP contribution is 2.63. The van der Waals surface area contributed by atoms with Crippen molar-refractivity contribution in [2.75, 3.05) is 14.7 Å². The van der Waals surface area contributed by atoms with E-state index < -0.39 is 64.5 Å². The first-order valence-electron chi connectivity index (χ1n) is 14.4. The molecule has 0 saturated carbocycles. The summed E-state index contributed by atoms with van der Waals surface area (Å²) in [6.45, 7) is -1.16. The summed E-state index contributed by atoms with van der Waals surface area (Å²) >= 11 is 0. The van der Waals surface area contributed by atoms with Gasteiger partial charge in [0, 0.05) is 22.7 Å². The van der Waals surface area contributed by atoms with Crippen LogP contribution in [0, 0.1) is 0 Å². The van der Waals surface area contributed by atoms with E-state index in [0.29, 0.717) is 11.4 Å². The summed E-state index contributed by atoms with van der Waals surface area (Å²) in [5.41, 5.74) is -2.93. The second-order valence-electron chi connectivity index (χ2n) is 11.7. The van der Waals surface area contributed by atoms with Gasteiger partial charge in [0.05, 0.1) is 28.2 Å². The molecule has 0 aromatic heterocycles. The minimum atomic E-state index is -4.81. The zero-order chi connectivity index (χ0) is 32.0. The molecule has 0 bridgehead atoms. The third-order valence-electron chi connectivity index (χ3n) is 9.38. The van der Waals surface area contributed by atoms with Gasteiger partial charge in [-0.25, -0.2) is 0 Å². The van der Waals surface area contributed by atoms with Gasteiger partial charge >= 0.3 is 23.9 Å².